The van der Waals surface area contributed by atoms with Gasteiger partial charge in [0.1, 0.15) is 23.2 Å². The van der Waals surface area contributed by atoms with E-state index in [0.717, 1.165) is 31.4 Å². The second-order valence-corrected chi connectivity index (χ2v) is 6.45. The molecule has 2 aromatic rings. The molecule has 1 saturated heterocycles. The topological polar surface area (TPSA) is 29.5 Å². The molecule has 0 unspecified atom stereocenters. The highest BCUT2D eigenvalue weighted by molar-refractivity contribution is 5.94. The van der Waals surface area contributed by atoms with Gasteiger partial charge in [0.25, 0.3) is 5.91 Å². The first kappa shape index (κ1) is 18.3. The number of benzene rings is 2. The predicted octanol–water partition coefficient (Wildman–Crippen LogP) is 4.43. The third-order valence-corrected chi connectivity index (χ3v) is 4.67. The van der Waals surface area contributed by atoms with Crippen molar-refractivity contribution in [3.63, 3.8) is 0 Å². The van der Waals surface area contributed by atoms with Gasteiger partial charge in [0.15, 0.2) is 0 Å². The van der Waals surface area contributed by atoms with E-state index in [-0.39, 0.29) is 11.4 Å². The van der Waals surface area contributed by atoms with Gasteiger partial charge in [-0.3, -0.25) is 4.79 Å². The van der Waals surface area contributed by atoms with Gasteiger partial charge in [0.05, 0.1) is 12.2 Å². The summed E-state index contributed by atoms with van der Waals surface area (Å²) >= 11 is 0. The second-order valence-electron chi connectivity index (χ2n) is 6.45. The highest BCUT2D eigenvalue weighted by Gasteiger charge is 2.25. The molecule has 3 rings (SSSR count). The van der Waals surface area contributed by atoms with Gasteiger partial charge in [0.2, 0.25) is 0 Å². The second kappa shape index (κ2) is 8.25. The van der Waals surface area contributed by atoms with Crippen molar-refractivity contribution in [2.24, 2.45) is 5.92 Å². The van der Waals surface area contributed by atoms with Gasteiger partial charge in [-0.15, -0.1) is 0 Å². The molecule has 0 N–H and O–H groups in total. The van der Waals surface area contributed by atoms with Crippen LogP contribution < -0.4 is 4.74 Å². The molecule has 1 heterocycles. The zero-order chi connectivity index (χ0) is 18.5. The Hall–Kier alpha value is -2.50. The molecule has 3 nitrogen and oxygen atoms in total. The molecule has 0 radical (unpaired) electrons. The smallest absolute Gasteiger partial charge is 0.256 e. The zero-order valence-electron chi connectivity index (χ0n) is 14.3. The largest absolute Gasteiger partial charge is 0.494 e. The van der Waals surface area contributed by atoms with Crippen molar-refractivity contribution < 1.29 is 22.7 Å². The first-order valence-electron chi connectivity index (χ1n) is 8.65. The summed E-state index contributed by atoms with van der Waals surface area (Å²) in [6.07, 6.45) is 2.45. The van der Waals surface area contributed by atoms with Crippen LogP contribution in [0.2, 0.25) is 0 Å². The summed E-state index contributed by atoms with van der Waals surface area (Å²) in [7, 11) is 0. The summed E-state index contributed by atoms with van der Waals surface area (Å²) in [5.41, 5.74) is -0.0931. The standard InChI is InChI=1S/C20H20F3NO2/c21-15-1-4-17(5-2-15)26-12-9-14-7-10-24(11-8-14)20(25)18-6-3-16(22)13-19(18)23/h1-6,13-14H,7-12H2. The van der Waals surface area contributed by atoms with Crippen LogP contribution in [0.3, 0.4) is 0 Å². The fraction of sp³-hybridized carbons (Fsp3) is 0.350. The van der Waals surface area contributed by atoms with Crippen LogP contribution in [0.4, 0.5) is 13.2 Å². The highest BCUT2D eigenvalue weighted by atomic mass is 19.1. The fourth-order valence-corrected chi connectivity index (χ4v) is 3.13. The first-order valence-corrected chi connectivity index (χ1v) is 8.65. The van der Waals surface area contributed by atoms with E-state index in [1.165, 1.54) is 18.2 Å². The molecule has 1 aliphatic rings. The quantitative estimate of drug-likeness (QED) is 0.787. The van der Waals surface area contributed by atoms with Crippen molar-refractivity contribution in [3.8, 4) is 5.75 Å². The van der Waals surface area contributed by atoms with Gasteiger partial charge in [-0.2, -0.15) is 0 Å². The van der Waals surface area contributed by atoms with Gasteiger partial charge in [-0.1, -0.05) is 0 Å². The van der Waals surface area contributed by atoms with E-state index in [4.69, 9.17) is 4.74 Å². The van der Waals surface area contributed by atoms with Crippen molar-refractivity contribution in [1.82, 2.24) is 4.90 Å². The lowest BCUT2D eigenvalue weighted by molar-refractivity contribution is 0.0675. The maximum atomic E-state index is 13.8. The Morgan fingerprint density at radius 2 is 1.65 bits per heavy atom. The van der Waals surface area contributed by atoms with E-state index in [2.05, 4.69) is 0 Å². The Balaban J connectivity index is 1.45. The number of halogens is 3. The first-order chi connectivity index (χ1) is 12.5. The molecule has 1 amide bonds. The molecule has 26 heavy (non-hydrogen) atoms. The number of hydrogen-bond acceptors (Lipinski definition) is 2. The van der Waals surface area contributed by atoms with Crippen molar-refractivity contribution in [2.45, 2.75) is 19.3 Å². The molecular weight excluding hydrogens is 343 g/mol. The maximum Gasteiger partial charge on any atom is 0.256 e. The molecule has 0 spiro atoms. The monoisotopic (exact) mass is 363 g/mol. The fourth-order valence-electron chi connectivity index (χ4n) is 3.13. The van der Waals surface area contributed by atoms with Crippen LogP contribution in [-0.4, -0.2) is 30.5 Å². The van der Waals surface area contributed by atoms with Gasteiger partial charge in [-0.05, 0) is 61.6 Å². The Kier molecular flexibility index (Phi) is 5.81. The average molecular weight is 363 g/mol. The van der Waals surface area contributed by atoms with Crippen LogP contribution in [0, 0.1) is 23.4 Å². The lowest BCUT2D eigenvalue weighted by Crippen LogP contribution is -2.39. The number of carbonyl (C=O) groups is 1. The van der Waals surface area contributed by atoms with Gasteiger partial charge >= 0.3 is 0 Å². The van der Waals surface area contributed by atoms with Crippen LogP contribution >= 0.6 is 0 Å². The summed E-state index contributed by atoms with van der Waals surface area (Å²) in [4.78, 5) is 14.0. The van der Waals surface area contributed by atoms with E-state index in [0.29, 0.717) is 31.4 Å². The Morgan fingerprint density at radius 1 is 1.00 bits per heavy atom. The Labute approximate surface area is 150 Å². The van der Waals surface area contributed by atoms with E-state index < -0.39 is 17.5 Å². The highest BCUT2D eigenvalue weighted by Crippen LogP contribution is 2.23. The summed E-state index contributed by atoms with van der Waals surface area (Å²) in [5.74, 6) is -1.18. The summed E-state index contributed by atoms with van der Waals surface area (Å²) < 4.78 is 45.2. The van der Waals surface area contributed by atoms with E-state index >= 15 is 0 Å². The number of amides is 1. The van der Waals surface area contributed by atoms with Crippen molar-refractivity contribution in [1.29, 1.82) is 0 Å². The molecular formula is C20H20F3NO2. The normalized spacial score (nSPS) is 15.1. The molecule has 1 fully saturated rings. The minimum Gasteiger partial charge on any atom is -0.494 e. The number of ether oxygens (including phenoxy) is 1. The van der Waals surface area contributed by atoms with Crippen molar-refractivity contribution >= 4 is 5.91 Å². The van der Waals surface area contributed by atoms with Crippen LogP contribution in [0.25, 0.3) is 0 Å². The minimum atomic E-state index is -0.829. The molecule has 1 aliphatic heterocycles. The SMILES string of the molecule is O=C(c1ccc(F)cc1F)N1CCC(CCOc2ccc(F)cc2)CC1. The van der Waals surface area contributed by atoms with Crippen LogP contribution in [0.15, 0.2) is 42.5 Å². The van der Waals surface area contributed by atoms with Crippen LogP contribution in [-0.2, 0) is 0 Å². The molecule has 0 atom stereocenters. The predicted molar refractivity (Wildman–Crippen MR) is 91.5 cm³/mol. The number of carbonyl (C=O) groups excluding carboxylic acids is 1. The van der Waals surface area contributed by atoms with Crippen LogP contribution in [0.5, 0.6) is 5.75 Å². The number of likely N-dealkylation sites (tertiary alicyclic amines) is 1. The molecule has 0 aromatic heterocycles. The maximum absolute atomic E-state index is 13.8. The van der Waals surface area contributed by atoms with Gasteiger partial charge in [-0.25, -0.2) is 13.2 Å². The van der Waals surface area contributed by atoms with Crippen molar-refractivity contribution in [3.05, 3.63) is 65.5 Å². The molecule has 138 valence electrons. The lowest BCUT2D eigenvalue weighted by Gasteiger charge is -2.32. The number of piperidine rings is 1. The molecule has 0 bridgehead atoms. The zero-order valence-corrected chi connectivity index (χ0v) is 14.3. The van der Waals surface area contributed by atoms with Crippen LogP contribution in [0.1, 0.15) is 29.6 Å². The summed E-state index contributed by atoms with van der Waals surface area (Å²) in [6.45, 7) is 1.60. The average Bonchev–Trinajstić information content (AvgIpc) is 2.63. The minimum absolute atomic E-state index is 0.0931. The lowest BCUT2D eigenvalue weighted by atomic mass is 9.93. The third-order valence-electron chi connectivity index (χ3n) is 4.67. The third kappa shape index (κ3) is 4.56. The molecule has 0 aliphatic carbocycles. The molecule has 2 aromatic carbocycles. The van der Waals surface area contributed by atoms with E-state index in [1.807, 2.05) is 0 Å². The van der Waals surface area contributed by atoms with Crippen molar-refractivity contribution in [2.75, 3.05) is 19.7 Å². The summed E-state index contributed by atoms with van der Waals surface area (Å²) in [6, 6.07) is 8.90. The van der Waals surface area contributed by atoms with E-state index in [9.17, 15) is 18.0 Å². The Morgan fingerprint density at radius 3 is 2.31 bits per heavy atom. The van der Waals surface area contributed by atoms with E-state index in [1.54, 1.807) is 17.0 Å². The molecule has 0 saturated carbocycles. The number of hydrogen-bond donors (Lipinski definition) is 0. The molecule has 6 heteroatoms. The van der Waals surface area contributed by atoms with Gasteiger partial charge < -0.3 is 9.64 Å². The number of rotatable bonds is 5. The summed E-state index contributed by atoms with van der Waals surface area (Å²) in [5, 5.41) is 0. The Bertz CT molecular complexity index is 756. The number of nitrogens with zero attached hydrogens (tertiary/aromatic N) is 1. The van der Waals surface area contributed by atoms with Gasteiger partial charge in [0, 0.05) is 19.2 Å².